The first kappa shape index (κ1) is 18.7. The van der Waals surface area contributed by atoms with Gasteiger partial charge in [-0.05, 0) is 44.0 Å². The molecule has 146 valence electrons. The van der Waals surface area contributed by atoms with Gasteiger partial charge in [0.15, 0.2) is 5.82 Å². The van der Waals surface area contributed by atoms with Gasteiger partial charge in [-0.25, -0.2) is 4.68 Å². The first-order chi connectivity index (χ1) is 13.6. The van der Waals surface area contributed by atoms with Crippen LogP contribution < -0.4 is 11.2 Å². The van der Waals surface area contributed by atoms with Crippen molar-refractivity contribution < 1.29 is 4.79 Å². The number of hydrogen-bond donors (Lipinski definition) is 2. The van der Waals surface area contributed by atoms with Crippen molar-refractivity contribution in [2.75, 3.05) is 11.2 Å². The van der Waals surface area contributed by atoms with Crippen LogP contribution in [-0.2, 0) is 4.79 Å². The lowest BCUT2D eigenvalue weighted by atomic mass is 9.89. The lowest BCUT2D eigenvalue weighted by Gasteiger charge is -2.20. The number of nitrogens with one attached hydrogen (secondary N) is 1. The number of pyridine rings is 1. The molecule has 1 aliphatic carbocycles. The molecule has 2 aromatic heterocycles. The van der Waals surface area contributed by atoms with E-state index >= 15 is 0 Å². The average molecular weight is 397 g/mol. The molecule has 1 saturated carbocycles. The summed E-state index contributed by atoms with van der Waals surface area (Å²) in [5.41, 5.74) is 1.60. The van der Waals surface area contributed by atoms with Crippen LogP contribution in [0.25, 0.3) is 10.9 Å². The number of aromatic nitrogens is 4. The number of carbonyl (C=O) groups excluding carboxylic acids is 1. The quantitative estimate of drug-likeness (QED) is 0.504. The van der Waals surface area contributed by atoms with E-state index in [-0.39, 0.29) is 11.2 Å². The van der Waals surface area contributed by atoms with Crippen LogP contribution in [0.2, 0.25) is 0 Å². The van der Waals surface area contributed by atoms with Crippen molar-refractivity contribution in [3.63, 3.8) is 0 Å². The Kier molecular flexibility index (Phi) is 5.47. The maximum Gasteiger partial charge on any atom is 0.237 e. The number of fused-ring (bicyclic) bond motifs is 1. The first-order valence-electron chi connectivity index (χ1n) is 9.65. The fraction of sp³-hybridized carbons (Fsp3) is 0.400. The highest BCUT2D eigenvalue weighted by molar-refractivity contribution is 8.00. The minimum absolute atomic E-state index is 0.108. The maximum atomic E-state index is 12.7. The van der Waals surface area contributed by atoms with Gasteiger partial charge in [-0.2, -0.15) is 0 Å². The van der Waals surface area contributed by atoms with Gasteiger partial charge >= 0.3 is 0 Å². The SMILES string of the molecule is C[C@H](Sc1nnc(C2CCCCC2)n1N)C(=O)Nc1cccc2ncccc12. The number of anilines is 1. The molecule has 0 radical (unpaired) electrons. The summed E-state index contributed by atoms with van der Waals surface area (Å²) in [6.45, 7) is 1.85. The highest BCUT2D eigenvalue weighted by atomic mass is 32.2. The third-order valence-corrected chi connectivity index (χ3v) is 6.27. The van der Waals surface area contributed by atoms with Crippen molar-refractivity contribution in [1.82, 2.24) is 19.9 Å². The molecule has 7 nitrogen and oxygen atoms in total. The van der Waals surface area contributed by atoms with Crippen LogP contribution in [0, 0.1) is 0 Å². The van der Waals surface area contributed by atoms with E-state index in [9.17, 15) is 4.79 Å². The van der Waals surface area contributed by atoms with Crippen LogP contribution in [0.1, 0.15) is 50.8 Å². The van der Waals surface area contributed by atoms with E-state index in [0.717, 1.165) is 35.3 Å². The van der Waals surface area contributed by atoms with Crippen LogP contribution in [0.15, 0.2) is 41.7 Å². The molecule has 1 atom stereocenters. The number of nitrogen functional groups attached to an aromatic ring is 1. The molecule has 0 bridgehead atoms. The fourth-order valence-corrected chi connectivity index (χ4v) is 4.44. The number of carbonyl (C=O) groups is 1. The fourth-order valence-electron chi connectivity index (χ4n) is 3.67. The maximum absolute atomic E-state index is 12.7. The predicted octanol–water partition coefficient (Wildman–Crippen LogP) is 3.71. The van der Waals surface area contributed by atoms with Crippen molar-refractivity contribution in [3.8, 4) is 0 Å². The molecule has 3 N–H and O–H groups in total. The van der Waals surface area contributed by atoms with Gasteiger partial charge < -0.3 is 11.2 Å². The Morgan fingerprint density at radius 3 is 2.86 bits per heavy atom. The van der Waals surface area contributed by atoms with E-state index in [0.29, 0.717) is 11.1 Å². The topological polar surface area (TPSA) is 98.7 Å². The molecule has 1 fully saturated rings. The molecule has 0 unspecified atom stereocenters. The smallest absolute Gasteiger partial charge is 0.237 e. The highest BCUT2D eigenvalue weighted by Gasteiger charge is 2.25. The minimum atomic E-state index is -0.363. The number of thioether (sulfide) groups is 1. The van der Waals surface area contributed by atoms with E-state index in [1.807, 2.05) is 37.3 Å². The Balaban J connectivity index is 1.45. The van der Waals surface area contributed by atoms with Crippen LogP contribution in [0.5, 0.6) is 0 Å². The van der Waals surface area contributed by atoms with E-state index in [1.165, 1.54) is 31.0 Å². The number of hydrogen-bond acceptors (Lipinski definition) is 6. The molecule has 8 heteroatoms. The Hall–Kier alpha value is -2.61. The van der Waals surface area contributed by atoms with Gasteiger partial charge in [-0.1, -0.05) is 37.1 Å². The zero-order chi connectivity index (χ0) is 19.5. The van der Waals surface area contributed by atoms with E-state index < -0.39 is 0 Å². The van der Waals surface area contributed by atoms with Gasteiger partial charge in [-0.3, -0.25) is 9.78 Å². The molecular formula is C20H24N6OS. The molecule has 0 spiro atoms. The standard InChI is InChI=1S/C20H24N6OS/c1-13(19(27)23-17-11-5-10-16-15(17)9-6-12-22-16)28-20-25-24-18(26(20)21)14-7-3-2-4-8-14/h5-6,9-14H,2-4,7-8,21H2,1H3,(H,23,27)/t13-/m0/s1. The van der Waals surface area contributed by atoms with E-state index in [1.54, 1.807) is 10.9 Å². The van der Waals surface area contributed by atoms with Crippen LogP contribution >= 0.6 is 11.8 Å². The second-order valence-corrected chi connectivity index (χ2v) is 8.48. The molecule has 0 saturated heterocycles. The van der Waals surface area contributed by atoms with Gasteiger partial charge in [0.2, 0.25) is 11.1 Å². The molecule has 1 amide bonds. The van der Waals surface area contributed by atoms with Crippen molar-refractivity contribution in [3.05, 3.63) is 42.4 Å². The van der Waals surface area contributed by atoms with E-state index in [4.69, 9.17) is 5.84 Å². The van der Waals surface area contributed by atoms with E-state index in [2.05, 4.69) is 20.5 Å². The van der Waals surface area contributed by atoms with Crippen molar-refractivity contribution >= 4 is 34.3 Å². The van der Waals surface area contributed by atoms with Gasteiger partial charge in [0.1, 0.15) is 0 Å². The first-order valence-corrected chi connectivity index (χ1v) is 10.5. The monoisotopic (exact) mass is 396 g/mol. The largest absolute Gasteiger partial charge is 0.336 e. The molecule has 3 aromatic rings. The third-order valence-electron chi connectivity index (χ3n) is 5.22. The van der Waals surface area contributed by atoms with Crippen molar-refractivity contribution in [2.24, 2.45) is 0 Å². The molecule has 4 rings (SSSR count). The molecular weight excluding hydrogens is 372 g/mol. The minimum Gasteiger partial charge on any atom is -0.336 e. The average Bonchev–Trinajstić information content (AvgIpc) is 3.09. The zero-order valence-electron chi connectivity index (χ0n) is 15.8. The van der Waals surface area contributed by atoms with Gasteiger partial charge in [0, 0.05) is 17.5 Å². The zero-order valence-corrected chi connectivity index (χ0v) is 16.7. The van der Waals surface area contributed by atoms with Crippen LogP contribution in [0.3, 0.4) is 0 Å². The van der Waals surface area contributed by atoms with Crippen molar-refractivity contribution in [1.29, 1.82) is 0 Å². The van der Waals surface area contributed by atoms with Crippen LogP contribution in [-0.4, -0.2) is 31.0 Å². The summed E-state index contributed by atoms with van der Waals surface area (Å²) in [6.07, 6.45) is 7.63. The summed E-state index contributed by atoms with van der Waals surface area (Å²) in [6, 6.07) is 9.50. The second-order valence-electron chi connectivity index (χ2n) is 7.17. The summed E-state index contributed by atoms with van der Waals surface area (Å²) in [5.74, 6) is 7.33. The Labute approximate surface area is 168 Å². The summed E-state index contributed by atoms with van der Waals surface area (Å²) in [5, 5.41) is 12.7. The molecule has 1 aromatic carbocycles. The number of nitrogens with zero attached hydrogens (tertiary/aromatic N) is 4. The normalized spacial score (nSPS) is 16.2. The third kappa shape index (κ3) is 3.82. The Morgan fingerprint density at radius 1 is 1.21 bits per heavy atom. The number of benzene rings is 1. The molecule has 0 aliphatic heterocycles. The van der Waals surface area contributed by atoms with Gasteiger partial charge in [0.25, 0.3) is 0 Å². The number of amides is 1. The van der Waals surface area contributed by atoms with Gasteiger partial charge in [0.05, 0.1) is 16.5 Å². The lowest BCUT2D eigenvalue weighted by Crippen LogP contribution is -2.24. The predicted molar refractivity (Wildman–Crippen MR) is 112 cm³/mol. The summed E-state index contributed by atoms with van der Waals surface area (Å²) in [7, 11) is 0. The molecule has 2 heterocycles. The van der Waals surface area contributed by atoms with Crippen molar-refractivity contribution in [2.45, 2.75) is 55.4 Å². The highest BCUT2D eigenvalue weighted by Crippen LogP contribution is 2.33. The summed E-state index contributed by atoms with van der Waals surface area (Å²) < 4.78 is 1.56. The second kappa shape index (κ2) is 8.18. The molecule has 28 heavy (non-hydrogen) atoms. The molecule has 1 aliphatic rings. The summed E-state index contributed by atoms with van der Waals surface area (Å²) in [4.78, 5) is 17.1. The summed E-state index contributed by atoms with van der Waals surface area (Å²) >= 11 is 1.32. The Bertz CT molecular complexity index is 976. The Morgan fingerprint density at radius 2 is 2.04 bits per heavy atom. The number of nitrogens with two attached hydrogens (primary N) is 1. The number of rotatable bonds is 5. The lowest BCUT2D eigenvalue weighted by molar-refractivity contribution is -0.115. The van der Waals surface area contributed by atoms with Crippen LogP contribution in [0.4, 0.5) is 5.69 Å². The van der Waals surface area contributed by atoms with Gasteiger partial charge in [-0.15, -0.1) is 10.2 Å².